The molecule has 10 nitrogen and oxygen atoms in total. The molecular formula is C28H32F3N9O. The fourth-order valence-corrected chi connectivity index (χ4v) is 4.86. The minimum absolute atomic E-state index is 0.0912. The lowest BCUT2D eigenvalue weighted by atomic mass is 10.0. The van der Waals surface area contributed by atoms with Gasteiger partial charge in [-0.05, 0) is 74.5 Å². The molecule has 1 saturated heterocycles. The van der Waals surface area contributed by atoms with E-state index in [-0.39, 0.29) is 5.69 Å². The van der Waals surface area contributed by atoms with Gasteiger partial charge in [-0.1, -0.05) is 0 Å². The molecule has 2 aromatic heterocycles. The number of fused-ring (bicyclic) bond motifs is 1. The van der Waals surface area contributed by atoms with Crippen molar-refractivity contribution in [2.75, 3.05) is 62.8 Å². The Morgan fingerprint density at radius 3 is 2.39 bits per heavy atom. The van der Waals surface area contributed by atoms with Crippen molar-refractivity contribution in [1.29, 1.82) is 0 Å². The fourth-order valence-electron chi connectivity index (χ4n) is 4.86. The Morgan fingerprint density at radius 2 is 1.68 bits per heavy atom. The molecule has 5 rings (SSSR count). The molecule has 0 bridgehead atoms. The van der Waals surface area contributed by atoms with Gasteiger partial charge in [0.1, 0.15) is 12.7 Å². The predicted molar refractivity (Wildman–Crippen MR) is 153 cm³/mol. The first kappa shape index (κ1) is 28.3. The number of aryl methyl sites for hydroxylation is 1. The number of halogens is 3. The molecule has 2 amide bonds. The minimum atomic E-state index is -4.52. The van der Waals surface area contributed by atoms with Crippen LogP contribution in [0.4, 0.5) is 35.2 Å². The third-order valence-corrected chi connectivity index (χ3v) is 7.09. The zero-order valence-corrected chi connectivity index (χ0v) is 22.9. The first-order valence-corrected chi connectivity index (χ1v) is 13.4. The maximum Gasteiger partial charge on any atom is 0.416 e. The van der Waals surface area contributed by atoms with Gasteiger partial charge in [-0.25, -0.2) is 19.7 Å². The summed E-state index contributed by atoms with van der Waals surface area (Å²) >= 11 is 0. The number of benzene rings is 2. The molecule has 0 radical (unpaired) electrons. The van der Waals surface area contributed by atoms with E-state index in [1.807, 2.05) is 0 Å². The van der Waals surface area contributed by atoms with Crippen molar-refractivity contribution in [3.8, 4) is 5.69 Å². The number of aromatic nitrogens is 4. The number of alkyl halides is 3. The molecule has 0 unspecified atom stereocenters. The van der Waals surface area contributed by atoms with Gasteiger partial charge in [-0.3, -0.25) is 4.57 Å². The van der Waals surface area contributed by atoms with Crippen LogP contribution < -0.4 is 16.0 Å². The summed E-state index contributed by atoms with van der Waals surface area (Å²) in [5.41, 5.74) is 2.31. The number of nitrogens with zero attached hydrogens (tertiary/aromatic N) is 6. The van der Waals surface area contributed by atoms with Gasteiger partial charge in [-0.15, -0.1) is 0 Å². The largest absolute Gasteiger partial charge is 0.416 e. The highest BCUT2D eigenvalue weighted by molar-refractivity contribution is 6.00. The van der Waals surface area contributed by atoms with E-state index in [1.165, 1.54) is 6.33 Å². The van der Waals surface area contributed by atoms with Crippen LogP contribution in [0.2, 0.25) is 0 Å². The van der Waals surface area contributed by atoms with Crippen LogP contribution in [0.1, 0.15) is 17.5 Å². The van der Waals surface area contributed by atoms with E-state index in [0.717, 1.165) is 57.0 Å². The number of rotatable bonds is 8. The Bertz CT molecular complexity index is 1500. The quantitative estimate of drug-likeness (QED) is 0.284. The summed E-state index contributed by atoms with van der Waals surface area (Å²) < 4.78 is 42.6. The smallest absolute Gasteiger partial charge is 0.371 e. The molecule has 0 atom stereocenters. The average Bonchev–Trinajstić information content (AvgIpc) is 3.38. The van der Waals surface area contributed by atoms with E-state index >= 15 is 0 Å². The number of hydrogen-bond donors (Lipinski definition) is 3. The monoisotopic (exact) mass is 567 g/mol. The number of carbonyl (C=O) groups is 1. The zero-order chi connectivity index (χ0) is 29.0. The minimum Gasteiger partial charge on any atom is -0.371 e. The maximum absolute atomic E-state index is 13.6. The van der Waals surface area contributed by atoms with E-state index in [9.17, 15) is 18.0 Å². The van der Waals surface area contributed by atoms with Crippen molar-refractivity contribution in [3.05, 3.63) is 66.2 Å². The van der Waals surface area contributed by atoms with Crippen molar-refractivity contribution in [2.45, 2.75) is 19.0 Å². The number of nitrogens with one attached hydrogen (secondary N) is 3. The number of hydrogen-bond acceptors (Lipinski definition) is 7. The van der Waals surface area contributed by atoms with E-state index in [1.54, 1.807) is 48.3 Å². The number of imidazole rings is 1. The van der Waals surface area contributed by atoms with Crippen LogP contribution in [0.25, 0.3) is 16.9 Å². The highest BCUT2D eigenvalue weighted by Gasteiger charge is 2.31. The lowest BCUT2D eigenvalue weighted by Gasteiger charge is -2.32. The third-order valence-electron chi connectivity index (χ3n) is 7.09. The molecule has 0 saturated carbocycles. The summed E-state index contributed by atoms with van der Waals surface area (Å²) in [6.07, 6.45) is -0.229. The lowest BCUT2D eigenvalue weighted by Crippen LogP contribution is -2.44. The Balaban J connectivity index is 1.23. The number of amides is 2. The number of anilines is 3. The number of piperazine rings is 1. The van der Waals surface area contributed by atoms with Gasteiger partial charge in [0.05, 0.1) is 5.56 Å². The molecule has 0 spiro atoms. The third kappa shape index (κ3) is 6.92. The molecule has 1 aliphatic rings. The first-order valence-electron chi connectivity index (χ1n) is 13.4. The molecule has 13 heteroatoms. The highest BCUT2D eigenvalue weighted by Crippen LogP contribution is 2.32. The number of urea groups is 1. The van der Waals surface area contributed by atoms with E-state index < -0.39 is 17.8 Å². The van der Waals surface area contributed by atoms with Crippen LogP contribution in [0.5, 0.6) is 0 Å². The van der Waals surface area contributed by atoms with Gasteiger partial charge < -0.3 is 25.8 Å². The zero-order valence-electron chi connectivity index (χ0n) is 22.9. The predicted octanol–water partition coefficient (Wildman–Crippen LogP) is 4.70. The molecule has 216 valence electrons. The van der Waals surface area contributed by atoms with Crippen molar-refractivity contribution >= 4 is 34.4 Å². The van der Waals surface area contributed by atoms with Crippen LogP contribution in [0.15, 0.2) is 55.1 Å². The molecule has 2 aromatic carbocycles. The average molecular weight is 568 g/mol. The van der Waals surface area contributed by atoms with Gasteiger partial charge in [0.15, 0.2) is 17.0 Å². The van der Waals surface area contributed by atoms with Crippen LogP contribution in [-0.4, -0.2) is 82.2 Å². The van der Waals surface area contributed by atoms with E-state index in [2.05, 4.69) is 47.7 Å². The lowest BCUT2D eigenvalue weighted by molar-refractivity contribution is -0.137. The Labute approximate surface area is 235 Å². The van der Waals surface area contributed by atoms with E-state index in [4.69, 9.17) is 0 Å². The van der Waals surface area contributed by atoms with Crippen molar-refractivity contribution in [3.63, 3.8) is 0 Å². The second-order valence-electron chi connectivity index (χ2n) is 10.0. The van der Waals surface area contributed by atoms with E-state index in [0.29, 0.717) is 34.7 Å². The summed E-state index contributed by atoms with van der Waals surface area (Å²) in [5, 5.41) is 8.22. The van der Waals surface area contributed by atoms with Gasteiger partial charge in [0.25, 0.3) is 0 Å². The van der Waals surface area contributed by atoms with Crippen LogP contribution in [0, 0.1) is 0 Å². The SMILES string of the molecule is CNc1ncnc2c1ncn2-c1ccc(NC(=O)Nc2cc(CCCN3CCN(C)CC3)cc(C(F)(F)F)c2)cc1. The molecule has 3 heterocycles. The second-order valence-corrected chi connectivity index (χ2v) is 10.0. The second kappa shape index (κ2) is 12.1. The normalized spacial score (nSPS) is 14.8. The summed E-state index contributed by atoms with van der Waals surface area (Å²) in [6, 6.07) is 10.0. The topological polar surface area (TPSA) is 103 Å². The molecule has 0 aliphatic carbocycles. The van der Waals surface area contributed by atoms with Crippen molar-refractivity contribution in [1.82, 2.24) is 29.3 Å². The molecule has 3 N–H and O–H groups in total. The molecule has 1 fully saturated rings. The standard InChI is InChI=1S/C28H32F3N9O/c1-32-25-24-26(34-17-33-25)40(18-35-24)23-7-5-21(6-8-23)36-27(41)37-22-15-19(14-20(16-22)28(29,30)31)4-3-9-39-12-10-38(2)11-13-39/h5-8,14-18H,3-4,9-13H2,1-2H3,(H,32,33,34)(H2,36,37,41). The number of carbonyl (C=O) groups excluding carboxylic acids is 1. The molecule has 1 aliphatic heterocycles. The van der Waals surface area contributed by atoms with Gasteiger partial charge >= 0.3 is 12.2 Å². The summed E-state index contributed by atoms with van der Waals surface area (Å²) in [6.45, 7) is 4.71. The molecular weight excluding hydrogens is 535 g/mol. The van der Waals surface area contributed by atoms with Crippen LogP contribution >= 0.6 is 0 Å². The van der Waals surface area contributed by atoms with Gasteiger partial charge in [0, 0.05) is 50.3 Å². The van der Waals surface area contributed by atoms with Crippen molar-refractivity contribution in [2.24, 2.45) is 0 Å². The summed E-state index contributed by atoms with van der Waals surface area (Å²) in [7, 11) is 3.83. The van der Waals surface area contributed by atoms with Gasteiger partial charge in [0.2, 0.25) is 0 Å². The first-order chi connectivity index (χ1) is 19.7. The van der Waals surface area contributed by atoms with Crippen LogP contribution in [0.3, 0.4) is 0 Å². The molecule has 4 aromatic rings. The van der Waals surface area contributed by atoms with Crippen LogP contribution in [-0.2, 0) is 12.6 Å². The summed E-state index contributed by atoms with van der Waals surface area (Å²) in [4.78, 5) is 30.1. The fraction of sp³-hybridized carbons (Fsp3) is 0.357. The highest BCUT2D eigenvalue weighted by atomic mass is 19.4. The maximum atomic E-state index is 13.6. The van der Waals surface area contributed by atoms with Crippen molar-refractivity contribution < 1.29 is 18.0 Å². The Hall–Kier alpha value is -4.23. The number of likely N-dealkylation sites (N-methyl/N-ethyl adjacent to an activating group) is 1. The van der Waals surface area contributed by atoms with Gasteiger partial charge in [-0.2, -0.15) is 13.2 Å². The Kier molecular flexibility index (Phi) is 8.36. The Morgan fingerprint density at radius 1 is 0.951 bits per heavy atom. The molecule has 41 heavy (non-hydrogen) atoms. The summed E-state index contributed by atoms with van der Waals surface area (Å²) in [5.74, 6) is 0.608.